The third-order valence-electron chi connectivity index (χ3n) is 2.56. The van der Waals surface area contributed by atoms with Crippen LogP contribution in [0.4, 0.5) is 0 Å². The van der Waals surface area contributed by atoms with Crippen molar-refractivity contribution in [2.45, 2.75) is 6.92 Å². The van der Waals surface area contributed by atoms with Gasteiger partial charge in [-0.3, -0.25) is 0 Å². The first kappa shape index (κ1) is 12.5. The first-order valence-electron chi connectivity index (χ1n) is 5.55. The molecule has 0 aliphatic carbocycles. The monoisotopic (exact) mass is 245 g/mol. The summed E-state index contributed by atoms with van der Waals surface area (Å²) in [6, 6.07) is 6.62. The molecule has 0 bridgehead atoms. The van der Waals surface area contributed by atoms with Crippen LogP contribution in [0.2, 0.25) is 0 Å². The fourth-order valence-corrected chi connectivity index (χ4v) is 1.74. The van der Waals surface area contributed by atoms with Gasteiger partial charge in [0.1, 0.15) is 5.69 Å². The number of rotatable bonds is 3. The predicted octanol–water partition coefficient (Wildman–Crippen LogP) is 0.0913. The fourth-order valence-electron chi connectivity index (χ4n) is 1.74. The number of fused-ring (bicyclic) bond motifs is 1. The van der Waals surface area contributed by atoms with E-state index in [0.29, 0.717) is 16.2 Å². The third kappa shape index (κ3) is 2.34. The van der Waals surface area contributed by atoms with Gasteiger partial charge >= 0.3 is 13.1 Å². The summed E-state index contributed by atoms with van der Waals surface area (Å²) in [4.78, 5) is 15.5. The molecule has 0 radical (unpaired) electrons. The molecule has 92 valence electrons. The molecule has 2 N–H and O–H groups in total. The number of hydrogen-bond donors (Lipinski definition) is 2. The smallest absolute Gasteiger partial charge is 0.461 e. The second-order valence-electron chi connectivity index (χ2n) is 3.73. The zero-order chi connectivity index (χ0) is 13.1. The van der Waals surface area contributed by atoms with Crippen molar-refractivity contribution in [1.29, 1.82) is 0 Å². The van der Waals surface area contributed by atoms with Gasteiger partial charge in [0.25, 0.3) is 0 Å². The molecule has 0 atom stereocenters. The maximum Gasteiger partial charge on any atom is 0.489 e. The molecule has 0 fully saturated rings. The Hall–Kier alpha value is -1.92. The summed E-state index contributed by atoms with van der Waals surface area (Å²) in [5.74, 6) is -0.491. The second kappa shape index (κ2) is 5.16. The van der Waals surface area contributed by atoms with Crippen molar-refractivity contribution >= 4 is 29.3 Å². The lowest BCUT2D eigenvalue weighted by molar-refractivity contribution is 0.0519. The summed E-state index contributed by atoms with van der Waals surface area (Å²) in [6.07, 6.45) is 1.44. The molecule has 0 spiro atoms. The van der Waals surface area contributed by atoms with E-state index in [1.165, 1.54) is 6.20 Å². The van der Waals surface area contributed by atoms with Crippen molar-refractivity contribution in [3.8, 4) is 0 Å². The maximum atomic E-state index is 11.5. The van der Waals surface area contributed by atoms with Crippen LogP contribution in [0.25, 0.3) is 10.8 Å². The van der Waals surface area contributed by atoms with Crippen LogP contribution in [-0.2, 0) is 4.74 Å². The molecule has 0 aliphatic rings. The van der Waals surface area contributed by atoms with Gasteiger partial charge in [0, 0.05) is 6.20 Å². The third-order valence-corrected chi connectivity index (χ3v) is 2.56. The van der Waals surface area contributed by atoms with Gasteiger partial charge in [0.2, 0.25) is 0 Å². The lowest BCUT2D eigenvalue weighted by Crippen LogP contribution is -2.30. The molecule has 0 amide bonds. The molecule has 6 heteroatoms. The number of benzene rings is 1. The van der Waals surface area contributed by atoms with Gasteiger partial charge in [0.05, 0.1) is 6.61 Å². The van der Waals surface area contributed by atoms with Crippen LogP contribution in [-0.4, -0.2) is 34.7 Å². The number of hydrogen-bond acceptors (Lipinski definition) is 5. The Morgan fingerprint density at radius 1 is 1.44 bits per heavy atom. The largest absolute Gasteiger partial charge is 0.489 e. The Morgan fingerprint density at radius 2 is 2.22 bits per heavy atom. The lowest BCUT2D eigenvalue weighted by atomic mass is 9.77. The van der Waals surface area contributed by atoms with Crippen molar-refractivity contribution in [2.24, 2.45) is 0 Å². The van der Waals surface area contributed by atoms with Gasteiger partial charge in [-0.2, -0.15) is 0 Å². The quantitative estimate of drug-likeness (QED) is 0.591. The van der Waals surface area contributed by atoms with Crippen molar-refractivity contribution in [1.82, 2.24) is 4.98 Å². The minimum Gasteiger partial charge on any atom is -0.461 e. The molecule has 2 rings (SSSR count). The summed E-state index contributed by atoms with van der Waals surface area (Å²) in [6.45, 7) is 2.01. The molecule has 1 aromatic carbocycles. The Morgan fingerprint density at radius 3 is 2.89 bits per heavy atom. The van der Waals surface area contributed by atoms with Crippen molar-refractivity contribution < 1.29 is 19.6 Å². The van der Waals surface area contributed by atoms with Crippen LogP contribution in [0.3, 0.4) is 0 Å². The normalized spacial score (nSPS) is 10.4. The molecule has 0 aliphatic heterocycles. The number of pyridine rings is 1. The number of carbonyl (C=O) groups is 1. The van der Waals surface area contributed by atoms with E-state index >= 15 is 0 Å². The van der Waals surface area contributed by atoms with E-state index in [2.05, 4.69) is 4.98 Å². The summed E-state index contributed by atoms with van der Waals surface area (Å²) >= 11 is 0. The molecule has 1 aromatic heterocycles. The van der Waals surface area contributed by atoms with Gasteiger partial charge in [-0.25, -0.2) is 9.78 Å². The first-order chi connectivity index (χ1) is 8.63. The van der Waals surface area contributed by atoms with E-state index in [9.17, 15) is 14.8 Å². The summed E-state index contributed by atoms with van der Waals surface area (Å²) in [7, 11) is -1.57. The lowest BCUT2D eigenvalue weighted by Gasteiger charge is -2.06. The van der Waals surface area contributed by atoms with Crippen LogP contribution in [0, 0.1) is 0 Å². The molecular formula is C12H12BNO4. The zero-order valence-corrected chi connectivity index (χ0v) is 9.83. The first-order valence-corrected chi connectivity index (χ1v) is 5.55. The fraction of sp³-hybridized carbons (Fsp3) is 0.167. The number of carbonyl (C=O) groups excluding carboxylic acids is 1. The van der Waals surface area contributed by atoms with Crippen LogP contribution in [0.5, 0.6) is 0 Å². The van der Waals surface area contributed by atoms with Gasteiger partial charge < -0.3 is 14.8 Å². The van der Waals surface area contributed by atoms with Gasteiger partial charge in [-0.1, -0.05) is 18.2 Å². The molecule has 18 heavy (non-hydrogen) atoms. The van der Waals surface area contributed by atoms with E-state index in [-0.39, 0.29) is 12.3 Å². The highest BCUT2D eigenvalue weighted by Crippen LogP contribution is 2.13. The molecular weight excluding hydrogens is 233 g/mol. The topological polar surface area (TPSA) is 79.7 Å². The Balaban J connectivity index is 2.50. The standard InChI is InChI=1S/C12H12BNO4/c1-2-18-12(15)11-6-8-4-3-5-10(13(16)17)9(8)7-14-11/h3-7,16-17H,2H2,1H3. The SMILES string of the molecule is CCOC(=O)c1cc2cccc(B(O)O)c2cn1. The minimum atomic E-state index is -1.57. The van der Waals surface area contributed by atoms with Crippen molar-refractivity contribution in [2.75, 3.05) is 6.61 Å². The Bertz CT molecular complexity index is 585. The number of nitrogens with zero attached hydrogens (tertiary/aromatic N) is 1. The van der Waals surface area contributed by atoms with E-state index in [1.54, 1.807) is 31.2 Å². The van der Waals surface area contributed by atoms with E-state index in [4.69, 9.17) is 4.74 Å². The zero-order valence-electron chi connectivity index (χ0n) is 9.83. The number of ether oxygens (including phenoxy) is 1. The van der Waals surface area contributed by atoms with E-state index in [1.807, 2.05) is 0 Å². The molecule has 1 heterocycles. The van der Waals surface area contributed by atoms with Crippen LogP contribution < -0.4 is 5.46 Å². The van der Waals surface area contributed by atoms with Crippen LogP contribution in [0.1, 0.15) is 17.4 Å². The van der Waals surface area contributed by atoms with Gasteiger partial charge in [-0.05, 0) is 29.2 Å². The van der Waals surface area contributed by atoms with Crippen LogP contribution >= 0.6 is 0 Å². The maximum absolute atomic E-state index is 11.5. The number of esters is 1. The van der Waals surface area contributed by atoms with Gasteiger partial charge in [0.15, 0.2) is 0 Å². The molecule has 5 nitrogen and oxygen atoms in total. The molecule has 0 saturated heterocycles. The average Bonchev–Trinajstić information content (AvgIpc) is 2.37. The highest BCUT2D eigenvalue weighted by molar-refractivity contribution is 6.61. The minimum absolute atomic E-state index is 0.203. The average molecular weight is 245 g/mol. The Kier molecular flexibility index (Phi) is 3.59. The molecule has 0 unspecified atom stereocenters. The Labute approximate surface area is 104 Å². The van der Waals surface area contributed by atoms with Crippen molar-refractivity contribution in [3.63, 3.8) is 0 Å². The van der Waals surface area contributed by atoms with E-state index < -0.39 is 13.1 Å². The molecule has 2 aromatic rings. The molecule has 0 saturated carbocycles. The second-order valence-corrected chi connectivity index (χ2v) is 3.73. The van der Waals surface area contributed by atoms with Crippen molar-refractivity contribution in [3.05, 3.63) is 36.2 Å². The summed E-state index contributed by atoms with van der Waals surface area (Å²) < 4.78 is 4.85. The summed E-state index contributed by atoms with van der Waals surface area (Å²) in [5, 5.41) is 19.7. The predicted molar refractivity (Wildman–Crippen MR) is 67.5 cm³/mol. The highest BCUT2D eigenvalue weighted by atomic mass is 16.5. The summed E-state index contributed by atoms with van der Waals surface area (Å²) in [5.41, 5.74) is 0.560. The highest BCUT2D eigenvalue weighted by Gasteiger charge is 2.16. The van der Waals surface area contributed by atoms with Gasteiger partial charge in [-0.15, -0.1) is 0 Å². The number of aromatic nitrogens is 1. The van der Waals surface area contributed by atoms with E-state index in [0.717, 1.165) is 0 Å². The van der Waals surface area contributed by atoms with Crippen LogP contribution in [0.15, 0.2) is 30.5 Å².